The van der Waals surface area contributed by atoms with E-state index in [0.29, 0.717) is 17.3 Å². The minimum atomic E-state index is -0.293. The monoisotopic (exact) mass is 311 g/mol. The maximum Gasteiger partial charge on any atom is 0.257 e. The van der Waals surface area contributed by atoms with E-state index in [1.54, 1.807) is 18.2 Å². The molecule has 1 aliphatic carbocycles. The number of benzene rings is 1. The number of ether oxygens (including phenoxy) is 1. The fraction of sp³-hybridized carbons (Fsp3) is 0.562. The number of carbonyl (C=O) groups excluding carboxylic acids is 1. The molecule has 2 atom stereocenters. The molecule has 1 amide bonds. The predicted octanol–water partition coefficient (Wildman–Crippen LogP) is 2.69. The Labute approximate surface area is 130 Å². The number of nitrogens with one attached hydrogen (secondary N) is 1. The van der Waals surface area contributed by atoms with Gasteiger partial charge in [-0.15, -0.1) is 0 Å². The standard InChI is InChI=1S/C16H22ClNO3/c1-11-8-13(17)6-7-15(11)21-10-16(20)18-9-12-4-2-3-5-14(12)19/h6-8,12,14,19H,2-5,9-10H2,1H3,(H,18,20). The number of hydrogen-bond donors (Lipinski definition) is 2. The van der Waals surface area contributed by atoms with Gasteiger partial charge in [-0.3, -0.25) is 4.79 Å². The van der Waals surface area contributed by atoms with E-state index in [9.17, 15) is 9.90 Å². The van der Waals surface area contributed by atoms with Crippen LogP contribution in [0.2, 0.25) is 5.02 Å². The second-order valence-electron chi connectivity index (χ2n) is 5.61. The quantitative estimate of drug-likeness (QED) is 0.879. The molecule has 0 radical (unpaired) electrons. The van der Waals surface area contributed by atoms with Crippen molar-refractivity contribution in [1.82, 2.24) is 5.32 Å². The number of hydrogen-bond acceptors (Lipinski definition) is 3. The minimum Gasteiger partial charge on any atom is -0.484 e. The van der Waals surface area contributed by atoms with Crippen LogP contribution >= 0.6 is 11.6 Å². The summed E-state index contributed by atoms with van der Waals surface area (Å²) in [6.45, 7) is 2.38. The molecule has 1 aliphatic rings. The maximum absolute atomic E-state index is 11.8. The number of aliphatic hydroxyl groups is 1. The van der Waals surface area contributed by atoms with Gasteiger partial charge in [0.15, 0.2) is 6.61 Å². The van der Waals surface area contributed by atoms with Crippen LogP contribution < -0.4 is 10.1 Å². The first-order valence-corrected chi connectivity index (χ1v) is 7.78. The summed E-state index contributed by atoms with van der Waals surface area (Å²) < 4.78 is 5.49. The largest absolute Gasteiger partial charge is 0.484 e. The van der Waals surface area contributed by atoms with Crippen molar-refractivity contribution in [3.05, 3.63) is 28.8 Å². The Hall–Kier alpha value is -1.26. The van der Waals surface area contributed by atoms with Gasteiger partial charge in [0.2, 0.25) is 0 Å². The van der Waals surface area contributed by atoms with Gasteiger partial charge in [0.25, 0.3) is 5.91 Å². The zero-order valence-electron chi connectivity index (χ0n) is 12.3. The van der Waals surface area contributed by atoms with Gasteiger partial charge in [-0.2, -0.15) is 0 Å². The first-order chi connectivity index (χ1) is 10.1. The Morgan fingerprint density at radius 2 is 2.19 bits per heavy atom. The fourth-order valence-corrected chi connectivity index (χ4v) is 2.87. The van der Waals surface area contributed by atoms with Crippen LogP contribution in [0.1, 0.15) is 31.2 Å². The fourth-order valence-electron chi connectivity index (χ4n) is 2.64. The van der Waals surface area contributed by atoms with Gasteiger partial charge in [-0.1, -0.05) is 24.4 Å². The highest BCUT2D eigenvalue weighted by Crippen LogP contribution is 2.24. The van der Waals surface area contributed by atoms with E-state index in [2.05, 4.69) is 5.32 Å². The van der Waals surface area contributed by atoms with Gasteiger partial charge in [-0.05, 0) is 43.5 Å². The number of aliphatic hydroxyl groups excluding tert-OH is 1. The molecule has 2 rings (SSSR count). The normalized spacial score (nSPS) is 21.9. The third-order valence-electron chi connectivity index (χ3n) is 3.93. The molecule has 1 aromatic rings. The topological polar surface area (TPSA) is 58.6 Å². The van der Waals surface area contributed by atoms with Crippen LogP contribution in [0.4, 0.5) is 0 Å². The summed E-state index contributed by atoms with van der Waals surface area (Å²) in [6.07, 6.45) is 3.71. The lowest BCUT2D eigenvalue weighted by Crippen LogP contribution is -2.38. The predicted molar refractivity (Wildman–Crippen MR) is 82.7 cm³/mol. The molecule has 0 aliphatic heterocycles. The molecular formula is C16H22ClNO3. The molecule has 4 nitrogen and oxygen atoms in total. The van der Waals surface area contributed by atoms with E-state index in [1.807, 2.05) is 6.92 Å². The van der Waals surface area contributed by atoms with Crippen LogP contribution in [0, 0.1) is 12.8 Å². The molecule has 0 aromatic heterocycles. The van der Waals surface area contributed by atoms with Crippen LogP contribution in [-0.4, -0.2) is 30.3 Å². The van der Waals surface area contributed by atoms with Crippen molar-refractivity contribution < 1.29 is 14.6 Å². The minimum absolute atomic E-state index is 0.0225. The summed E-state index contributed by atoms with van der Waals surface area (Å²) >= 11 is 5.87. The van der Waals surface area contributed by atoms with Gasteiger partial charge >= 0.3 is 0 Å². The lowest BCUT2D eigenvalue weighted by atomic mass is 9.86. The van der Waals surface area contributed by atoms with Crippen LogP contribution in [0.15, 0.2) is 18.2 Å². The van der Waals surface area contributed by atoms with Crippen LogP contribution in [-0.2, 0) is 4.79 Å². The molecule has 1 saturated carbocycles. The zero-order valence-corrected chi connectivity index (χ0v) is 13.0. The molecule has 5 heteroatoms. The molecule has 1 aromatic carbocycles. The van der Waals surface area contributed by atoms with E-state index in [0.717, 1.165) is 31.2 Å². The number of amides is 1. The van der Waals surface area contributed by atoms with Crippen molar-refractivity contribution in [1.29, 1.82) is 0 Å². The smallest absolute Gasteiger partial charge is 0.257 e. The molecule has 0 heterocycles. The maximum atomic E-state index is 11.8. The van der Waals surface area contributed by atoms with Crippen molar-refractivity contribution in [2.24, 2.45) is 5.92 Å². The highest BCUT2D eigenvalue weighted by molar-refractivity contribution is 6.30. The highest BCUT2D eigenvalue weighted by Gasteiger charge is 2.23. The Morgan fingerprint density at radius 3 is 2.90 bits per heavy atom. The van der Waals surface area contributed by atoms with Crippen LogP contribution in [0.3, 0.4) is 0 Å². The van der Waals surface area contributed by atoms with Crippen LogP contribution in [0.5, 0.6) is 5.75 Å². The lowest BCUT2D eigenvalue weighted by Gasteiger charge is -2.27. The third-order valence-corrected chi connectivity index (χ3v) is 4.16. The number of rotatable bonds is 5. The van der Waals surface area contributed by atoms with Crippen molar-refractivity contribution in [3.63, 3.8) is 0 Å². The van der Waals surface area contributed by atoms with E-state index in [-0.39, 0.29) is 24.5 Å². The molecule has 1 fully saturated rings. The molecule has 2 N–H and O–H groups in total. The first kappa shape index (κ1) is 16.1. The Kier molecular flexibility index (Phi) is 5.88. The molecule has 0 spiro atoms. The zero-order chi connectivity index (χ0) is 15.2. The summed E-state index contributed by atoms with van der Waals surface area (Å²) in [7, 11) is 0. The highest BCUT2D eigenvalue weighted by atomic mass is 35.5. The van der Waals surface area contributed by atoms with E-state index in [1.165, 1.54) is 0 Å². The summed E-state index contributed by atoms with van der Waals surface area (Å²) in [5.41, 5.74) is 0.901. The van der Waals surface area contributed by atoms with Crippen molar-refractivity contribution in [3.8, 4) is 5.75 Å². The number of aryl methyl sites for hydroxylation is 1. The average molecular weight is 312 g/mol. The third kappa shape index (κ3) is 4.90. The molecular weight excluding hydrogens is 290 g/mol. The Balaban J connectivity index is 1.74. The lowest BCUT2D eigenvalue weighted by molar-refractivity contribution is -0.123. The molecule has 2 unspecified atom stereocenters. The van der Waals surface area contributed by atoms with E-state index in [4.69, 9.17) is 16.3 Å². The van der Waals surface area contributed by atoms with Gasteiger partial charge in [-0.25, -0.2) is 0 Å². The molecule has 0 bridgehead atoms. The molecule has 116 valence electrons. The number of carbonyl (C=O) groups is 1. The van der Waals surface area contributed by atoms with Crippen molar-refractivity contribution in [2.45, 2.75) is 38.7 Å². The van der Waals surface area contributed by atoms with E-state index < -0.39 is 0 Å². The molecule has 21 heavy (non-hydrogen) atoms. The summed E-state index contributed by atoms with van der Waals surface area (Å²) in [4.78, 5) is 11.8. The summed E-state index contributed by atoms with van der Waals surface area (Å²) in [5, 5.41) is 13.3. The van der Waals surface area contributed by atoms with Crippen LogP contribution in [0.25, 0.3) is 0 Å². The van der Waals surface area contributed by atoms with Gasteiger partial charge in [0.05, 0.1) is 6.10 Å². The van der Waals surface area contributed by atoms with E-state index >= 15 is 0 Å². The Bertz CT molecular complexity index is 492. The Morgan fingerprint density at radius 1 is 1.43 bits per heavy atom. The number of halogens is 1. The first-order valence-electron chi connectivity index (χ1n) is 7.40. The SMILES string of the molecule is Cc1cc(Cl)ccc1OCC(=O)NCC1CCCCC1O. The van der Waals surface area contributed by atoms with Gasteiger partial charge in [0, 0.05) is 17.5 Å². The van der Waals surface area contributed by atoms with Gasteiger partial charge < -0.3 is 15.2 Å². The van der Waals surface area contributed by atoms with Crippen molar-refractivity contribution >= 4 is 17.5 Å². The van der Waals surface area contributed by atoms with Crippen molar-refractivity contribution in [2.75, 3.05) is 13.2 Å². The summed E-state index contributed by atoms with van der Waals surface area (Å²) in [5.74, 6) is 0.661. The summed E-state index contributed by atoms with van der Waals surface area (Å²) in [6, 6.07) is 5.29. The average Bonchev–Trinajstić information content (AvgIpc) is 2.45. The van der Waals surface area contributed by atoms with Gasteiger partial charge in [0.1, 0.15) is 5.75 Å². The second-order valence-corrected chi connectivity index (χ2v) is 6.05. The molecule has 0 saturated heterocycles. The second kappa shape index (κ2) is 7.66.